The average Bonchev–Trinajstić information content (AvgIpc) is 3.00. The lowest BCUT2D eigenvalue weighted by Gasteiger charge is -2.59. The Morgan fingerprint density at radius 2 is 1.95 bits per heavy atom. The summed E-state index contributed by atoms with van der Waals surface area (Å²) in [5.74, 6) is 3.10. The summed E-state index contributed by atoms with van der Waals surface area (Å²) in [6.07, 6.45) is 10.6. The van der Waals surface area contributed by atoms with Crippen molar-refractivity contribution in [1.29, 1.82) is 5.26 Å². The Labute approximate surface area is 113 Å². The Balaban J connectivity index is 1.77. The van der Waals surface area contributed by atoms with Crippen LogP contribution in [0.5, 0.6) is 0 Å². The summed E-state index contributed by atoms with van der Waals surface area (Å²) in [6.45, 7) is 0. The van der Waals surface area contributed by atoms with Crippen LogP contribution in [-0.2, 0) is 5.41 Å². The molecule has 0 saturated heterocycles. The minimum atomic E-state index is -0.236. The van der Waals surface area contributed by atoms with Gasteiger partial charge in [0.05, 0.1) is 11.5 Å². The summed E-state index contributed by atoms with van der Waals surface area (Å²) in [5.41, 5.74) is 2.30. The van der Waals surface area contributed by atoms with Gasteiger partial charge in [0.2, 0.25) is 0 Å². The summed E-state index contributed by atoms with van der Waals surface area (Å²) in [6, 6.07) is 11.2. The lowest BCUT2D eigenvalue weighted by atomic mass is 9.41. The molecule has 2 saturated carbocycles. The molecule has 0 heterocycles. The molecule has 19 heavy (non-hydrogen) atoms. The Bertz CT molecular complexity index is 677. The zero-order valence-electron chi connectivity index (χ0n) is 10.7. The summed E-state index contributed by atoms with van der Waals surface area (Å²) < 4.78 is 0. The molecule has 1 aromatic carbocycles. The van der Waals surface area contributed by atoms with Crippen molar-refractivity contribution in [3.05, 3.63) is 53.6 Å². The van der Waals surface area contributed by atoms with E-state index in [1.165, 1.54) is 17.5 Å². The summed E-state index contributed by atoms with van der Waals surface area (Å²) in [5, 5.41) is 9.99. The third-order valence-corrected chi connectivity index (χ3v) is 6.06. The molecule has 92 valence electrons. The highest BCUT2D eigenvalue weighted by Gasteiger charge is 2.70. The molecular formula is C18H15N. The highest BCUT2D eigenvalue weighted by Crippen LogP contribution is 2.71. The van der Waals surface area contributed by atoms with Crippen molar-refractivity contribution in [3.8, 4) is 6.07 Å². The molecule has 1 nitrogen and oxygen atoms in total. The molecule has 2 bridgehead atoms. The van der Waals surface area contributed by atoms with Gasteiger partial charge in [0, 0.05) is 5.92 Å². The van der Waals surface area contributed by atoms with Crippen LogP contribution in [-0.4, -0.2) is 0 Å². The smallest absolute Gasteiger partial charge is 0.0930 e. The lowest BCUT2D eigenvalue weighted by Crippen LogP contribution is -2.61. The van der Waals surface area contributed by atoms with Gasteiger partial charge in [0.25, 0.3) is 0 Å². The minimum absolute atomic E-state index is 0.236. The largest absolute Gasteiger partial charge is 0.197 e. The molecule has 0 N–H and O–H groups in total. The zero-order chi connectivity index (χ0) is 12.6. The Kier molecular flexibility index (Phi) is 1.59. The van der Waals surface area contributed by atoms with E-state index in [-0.39, 0.29) is 5.41 Å². The monoisotopic (exact) mass is 245 g/mol. The molecule has 1 aromatic rings. The maximum absolute atomic E-state index is 9.99. The van der Waals surface area contributed by atoms with E-state index in [2.05, 4.69) is 54.6 Å². The third kappa shape index (κ3) is 0.900. The van der Waals surface area contributed by atoms with Crippen molar-refractivity contribution in [1.82, 2.24) is 0 Å². The highest BCUT2D eigenvalue weighted by molar-refractivity contribution is 5.65. The van der Waals surface area contributed by atoms with E-state index in [0.29, 0.717) is 17.8 Å². The normalized spacial score (nSPS) is 47.0. The van der Waals surface area contributed by atoms with Crippen LogP contribution in [0, 0.1) is 40.9 Å². The first-order valence-corrected chi connectivity index (χ1v) is 7.23. The molecule has 0 unspecified atom stereocenters. The summed E-state index contributed by atoms with van der Waals surface area (Å²) in [7, 11) is 0. The van der Waals surface area contributed by atoms with Gasteiger partial charge in [0.1, 0.15) is 0 Å². The van der Waals surface area contributed by atoms with Crippen LogP contribution in [0.4, 0.5) is 0 Å². The SMILES string of the molecule is N#C[C@@]12c3ccccc3C=C[C@@H]1[C@@H]1[C@H]2[C@H]2C=C[C@@H]1C2. The lowest BCUT2D eigenvalue weighted by molar-refractivity contribution is 0.00215. The molecule has 0 amide bonds. The van der Waals surface area contributed by atoms with Gasteiger partial charge in [-0.2, -0.15) is 5.26 Å². The Morgan fingerprint density at radius 3 is 2.84 bits per heavy atom. The standard InChI is InChI=1S/C18H15N/c19-10-18-14-4-2-1-3-11(14)7-8-15(18)16-12-5-6-13(9-12)17(16)18/h1-8,12-13,15-17H,9H2/t12-,13+,15-,16-,17-,18-/m1/s1. The van der Waals surface area contributed by atoms with Crippen LogP contribution in [0.25, 0.3) is 6.08 Å². The number of hydrogen-bond donors (Lipinski definition) is 0. The number of fused-ring (bicyclic) bond motifs is 10. The molecular weight excluding hydrogens is 230 g/mol. The molecule has 4 aliphatic rings. The Hall–Kier alpha value is -1.81. The van der Waals surface area contributed by atoms with Crippen molar-refractivity contribution in [2.75, 3.05) is 0 Å². The number of nitriles is 1. The van der Waals surface area contributed by atoms with Gasteiger partial charge in [-0.1, -0.05) is 48.6 Å². The van der Waals surface area contributed by atoms with Gasteiger partial charge in [0.15, 0.2) is 0 Å². The van der Waals surface area contributed by atoms with Crippen LogP contribution in [0.2, 0.25) is 0 Å². The zero-order valence-corrected chi connectivity index (χ0v) is 10.7. The van der Waals surface area contributed by atoms with Crippen molar-refractivity contribution >= 4 is 6.08 Å². The van der Waals surface area contributed by atoms with E-state index in [1.807, 2.05) is 0 Å². The third-order valence-electron chi connectivity index (χ3n) is 6.06. The molecule has 6 atom stereocenters. The first kappa shape index (κ1) is 10.0. The molecule has 2 fully saturated rings. The van der Waals surface area contributed by atoms with E-state index >= 15 is 0 Å². The van der Waals surface area contributed by atoms with Gasteiger partial charge < -0.3 is 0 Å². The molecule has 0 aliphatic heterocycles. The average molecular weight is 245 g/mol. The second kappa shape index (κ2) is 3.02. The number of allylic oxidation sites excluding steroid dienone is 3. The van der Waals surface area contributed by atoms with E-state index in [9.17, 15) is 5.26 Å². The second-order valence-corrected chi connectivity index (χ2v) is 6.50. The van der Waals surface area contributed by atoms with Crippen LogP contribution in [0.1, 0.15) is 17.5 Å². The van der Waals surface area contributed by atoms with E-state index in [0.717, 1.165) is 11.8 Å². The predicted molar refractivity (Wildman–Crippen MR) is 74.0 cm³/mol. The molecule has 0 spiro atoms. The number of rotatable bonds is 0. The number of nitrogens with zero attached hydrogens (tertiary/aromatic N) is 1. The topological polar surface area (TPSA) is 23.8 Å². The predicted octanol–water partition coefficient (Wildman–Crippen LogP) is 3.54. The molecule has 5 rings (SSSR count). The first-order chi connectivity index (χ1) is 9.36. The van der Waals surface area contributed by atoms with Crippen molar-refractivity contribution in [2.24, 2.45) is 29.6 Å². The van der Waals surface area contributed by atoms with Crippen molar-refractivity contribution in [2.45, 2.75) is 11.8 Å². The second-order valence-electron chi connectivity index (χ2n) is 6.50. The van der Waals surface area contributed by atoms with Crippen molar-refractivity contribution < 1.29 is 0 Å². The number of benzene rings is 1. The van der Waals surface area contributed by atoms with Gasteiger partial charge in [-0.25, -0.2) is 0 Å². The maximum atomic E-state index is 9.99. The summed E-state index contributed by atoms with van der Waals surface area (Å²) in [4.78, 5) is 0. The fraction of sp³-hybridized carbons (Fsp3) is 0.389. The first-order valence-electron chi connectivity index (χ1n) is 7.23. The van der Waals surface area contributed by atoms with Gasteiger partial charge in [-0.05, 0) is 41.2 Å². The van der Waals surface area contributed by atoms with Gasteiger partial charge in [-0.3, -0.25) is 0 Å². The molecule has 4 aliphatic carbocycles. The van der Waals surface area contributed by atoms with Crippen LogP contribution in [0.15, 0.2) is 42.5 Å². The van der Waals surface area contributed by atoms with Gasteiger partial charge in [-0.15, -0.1) is 0 Å². The molecule has 0 radical (unpaired) electrons. The molecule has 0 aromatic heterocycles. The Morgan fingerprint density at radius 1 is 1.11 bits per heavy atom. The maximum Gasteiger partial charge on any atom is 0.0930 e. The minimum Gasteiger partial charge on any atom is -0.197 e. The van der Waals surface area contributed by atoms with E-state index in [1.54, 1.807) is 0 Å². The van der Waals surface area contributed by atoms with Crippen LogP contribution in [0.3, 0.4) is 0 Å². The van der Waals surface area contributed by atoms with Crippen LogP contribution < -0.4 is 0 Å². The highest BCUT2D eigenvalue weighted by atomic mass is 14.7. The van der Waals surface area contributed by atoms with E-state index in [4.69, 9.17) is 0 Å². The van der Waals surface area contributed by atoms with E-state index < -0.39 is 0 Å². The van der Waals surface area contributed by atoms with Crippen LogP contribution >= 0.6 is 0 Å². The van der Waals surface area contributed by atoms with Gasteiger partial charge >= 0.3 is 0 Å². The molecule has 1 heteroatoms. The fourth-order valence-corrected chi connectivity index (χ4v) is 5.47. The quantitative estimate of drug-likeness (QED) is 0.641. The fourth-order valence-electron chi connectivity index (χ4n) is 5.47. The number of hydrogen-bond acceptors (Lipinski definition) is 1. The van der Waals surface area contributed by atoms with Crippen molar-refractivity contribution in [3.63, 3.8) is 0 Å². The summed E-state index contributed by atoms with van der Waals surface area (Å²) >= 11 is 0.